The first-order chi connectivity index (χ1) is 12.2. The van der Waals surface area contributed by atoms with E-state index in [1.807, 2.05) is 31.2 Å². The average Bonchev–Trinajstić information content (AvgIpc) is 2.89. The molecule has 0 saturated carbocycles. The van der Waals surface area contributed by atoms with E-state index in [0.717, 1.165) is 23.3 Å². The van der Waals surface area contributed by atoms with Gasteiger partial charge in [-0.25, -0.2) is 32.0 Å². The first-order valence-corrected chi connectivity index (χ1v) is 9.20. The second-order valence-electron chi connectivity index (χ2n) is 5.91. The van der Waals surface area contributed by atoms with Gasteiger partial charge in [0, 0.05) is 6.42 Å². The highest BCUT2D eigenvalue weighted by atomic mass is 32.2. The monoisotopic (exact) mass is 378 g/mol. The van der Waals surface area contributed by atoms with Gasteiger partial charge in [-0.15, -0.1) is 0 Å². The molecule has 0 bridgehead atoms. The number of halogens is 2. The van der Waals surface area contributed by atoms with E-state index < -0.39 is 26.6 Å². The van der Waals surface area contributed by atoms with Crippen molar-refractivity contribution >= 4 is 10.0 Å². The molecule has 0 amide bonds. The van der Waals surface area contributed by atoms with Gasteiger partial charge in [0.05, 0.1) is 0 Å². The van der Waals surface area contributed by atoms with Crippen LogP contribution in [0.1, 0.15) is 22.8 Å². The number of aryl methyl sites for hydroxylation is 2. The van der Waals surface area contributed by atoms with Gasteiger partial charge < -0.3 is 0 Å². The standard InChI is InChI=1S/C17H16F2N4O2S/c1-10-4-3-5-12(8-10)9-15-21-11(2)22-23(15)13-6-7-14(26(20,24)25)17(19)16(13)18/h3-8H,9H2,1-2H3,(H2,20,24,25). The van der Waals surface area contributed by atoms with Crippen LogP contribution in [0.2, 0.25) is 0 Å². The predicted molar refractivity (Wildman–Crippen MR) is 91.4 cm³/mol. The maximum Gasteiger partial charge on any atom is 0.241 e. The summed E-state index contributed by atoms with van der Waals surface area (Å²) in [5.41, 5.74) is 1.75. The Kier molecular flexibility index (Phi) is 4.59. The van der Waals surface area contributed by atoms with E-state index in [2.05, 4.69) is 10.1 Å². The fourth-order valence-electron chi connectivity index (χ4n) is 2.68. The summed E-state index contributed by atoms with van der Waals surface area (Å²) >= 11 is 0. The van der Waals surface area contributed by atoms with E-state index >= 15 is 0 Å². The molecule has 1 aromatic heterocycles. The minimum Gasteiger partial charge on any atom is -0.225 e. The van der Waals surface area contributed by atoms with Gasteiger partial charge in [0.15, 0.2) is 11.6 Å². The summed E-state index contributed by atoms with van der Waals surface area (Å²) in [5.74, 6) is -2.12. The summed E-state index contributed by atoms with van der Waals surface area (Å²) in [5, 5.41) is 9.01. The number of hydrogen-bond donors (Lipinski definition) is 1. The number of primary sulfonamides is 1. The SMILES string of the molecule is Cc1cccc(Cc2nc(C)nn2-c2ccc(S(N)(=O)=O)c(F)c2F)c1. The van der Waals surface area contributed by atoms with Crippen molar-refractivity contribution in [3.63, 3.8) is 0 Å². The van der Waals surface area contributed by atoms with Crippen LogP contribution >= 0.6 is 0 Å². The van der Waals surface area contributed by atoms with Crippen molar-refractivity contribution in [3.8, 4) is 5.69 Å². The Morgan fingerprint density at radius 2 is 1.85 bits per heavy atom. The minimum atomic E-state index is -4.37. The zero-order valence-electron chi connectivity index (χ0n) is 14.1. The largest absolute Gasteiger partial charge is 0.241 e. The van der Waals surface area contributed by atoms with E-state index in [0.29, 0.717) is 18.1 Å². The molecule has 136 valence electrons. The van der Waals surface area contributed by atoms with Crippen LogP contribution in [-0.2, 0) is 16.4 Å². The van der Waals surface area contributed by atoms with Crippen molar-refractivity contribution in [1.82, 2.24) is 14.8 Å². The molecule has 0 spiro atoms. The van der Waals surface area contributed by atoms with Gasteiger partial charge in [-0.2, -0.15) is 5.10 Å². The Labute approximate surface area is 149 Å². The summed E-state index contributed by atoms with van der Waals surface area (Å²) in [6.07, 6.45) is 0.348. The maximum absolute atomic E-state index is 14.5. The van der Waals surface area contributed by atoms with Gasteiger partial charge in [0.1, 0.15) is 22.2 Å². The lowest BCUT2D eigenvalue weighted by atomic mass is 10.1. The number of sulfonamides is 1. The van der Waals surface area contributed by atoms with Crippen molar-refractivity contribution in [3.05, 3.63) is 70.8 Å². The first-order valence-electron chi connectivity index (χ1n) is 7.66. The normalized spacial score (nSPS) is 11.7. The molecule has 0 saturated heterocycles. The van der Waals surface area contributed by atoms with Crippen molar-refractivity contribution in [2.45, 2.75) is 25.2 Å². The third kappa shape index (κ3) is 3.49. The van der Waals surface area contributed by atoms with Gasteiger partial charge in [-0.05, 0) is 31.5 Å². The lowest BCUT2D eigenvalue weighted by molar-refractivity contribution is 0.478. The maximum atomic E-state index is 14.5. The summed E-state index contributed by atoms with van der Waals surface area (Å²) in [6.45, 7) is 3.57. The highest BCUT2D eigenvalue weighted by Gasteiger charge is 2.23. The third-order valence-electron chi connectivity index (χ3n) is 3.79. The van der Waals surface area contributed by atoms with Gasteiger partial charge in [-0.3, -0.25) is 0 Å². The summed E-state index contributed by atoms with van der Waals surface area (Å²) in [6, 6.07) is 9.71. The molecule has 0 atom stereocenters. The van der Waals surface area contributed by atoms with Crippen LogP contribution in [0.15, 0.2) is 41.3 Å². The number of benzene rings is 2. The van der Waals surface area contributed by atoms with Crippen LogP contribution in [-0.4, -0.2) is 23.2 Å². The number of hydrogen-bond acceptors (Lipinski definition) is 4. The average molecular weight is 378 g/mol. The van der Waals surface area contributed by atoms with Crippen molar-refractivity contribution in [2.75, 3.05) is 0 Å². The molecule has 3 aromatic rings. The van der Waals surface area contributed by atoms with E-state index in [1.165, 1.54) is 4.68 Å². The first kappa shape index (κ1) is 18.2. The van der Waals surface area contributed by atoms with E-state index in [9.17, 15) is 17.2 Å². The fraction of sp³-hybridized carbons (Fsp3) is 0.176. The Bertz CT molecular complexity index is 1090. The molecular weight excluding hydrogens is 362 g/mol. The fourth-order valence-corrected chi connectivity index (χ4v) is 3.27. The molecule has 0 unspecified atom stereocenters. The Morgan fingerprint density at radius 1 is 1.12 bits per heavy atom. The van der Waals surface area contributed by atoms with Crippen LogP contribution in [0.5, 0.6) is 0 Å². The van der Waals surface area contributed by atoms with Crippen LogP contribution in [0.4, 0.5) is 8.78 Å². The Hall–Kier alpha value is -2.65. The van der Waals surface area contributed by atoms with Gasteiger partial charge >= 0.3 is 0 Å². The molecule has 9 heteroatoms. The lowest BCUT2D eigenvalue weighted by Gasteiger charge is -2.10. The molecule has 0 aliphatic heterocycles. The summed E-state index contributed by atoms with van der Waals surface area (Å²) in [4.78, 5) is 3.37. The zero-order valence-corrected chi connectivity index (χ0v) is 14.9. The molecule has 2 N–H and O–H groups in total. The van der Waals surface area contributed by atoms with Crippen molar-refractivity contribution < 1.29 is 17.2 Å². The van der Waals surface area contributed by atoms with Crippen LogP contribution in [0.25, 0.3) is 5.69 Å². The van der Waals surface area contributed by atoms with Crippen LogP contribution in [0, 0.1) is 25.5 Å². The topological polar surface area (TPSA) is 90.9 Å². The molecule has 0 fully saturated rings. The van der Waals surface area contributed by atoms with Gasteiger partial charge in [0.2, 0.25) is 10.0 Å². The quantitative estimate of drug-likeness (QED) is 0.755. The molecule has 3 rings (SSSR count). The van der Waals surface area contributed by atoms with Crippen LogP contribution < -0.4 is 5.14 Å². The second-order valence-corrected chi connectivity index (χ2v) is 7.44. The summed E-state index contributed by atoms with van der Waals surface area (Å²) < 4.78 is 52.5. The highest BCUT2D eigenvalue weighted by molar-refractivity contribution is 7.89. The molecule has 0 radical (unpaired) electrons. The molecule has 0 aliphatic rings. The van der Waals surface area contributed by atoms with E-state index in [1.54, 1.807) is 6.92 Å². The molecule has 26 heavy (non-hydrogen) atoms. The predicted octanol–water partition coefficient (Wildman–Crippen LogP) is 2.40. The van der Waals surface area contributed by atoms with Crippen molar-refractivity contribution in [2.24, 2.45) is 5.14 Å². The van der Waals surface area contributed by atoms with E-state index in [-0.39, 0.29) is 5.69 Å². The van der Waals surface area contributed by atoms with E-state index in [4.69, 9.17) is 5.14 Å². The van der Waals surface area contributed by atoms with Gasteiger partial charge in [-0.1, -0.05) is 29.8 Å². The molecule has 0 aliphatic carbocycles. The number of nitrogens with zero attached hydrogens (tertiary/aromatic N) is 3. The number of aromatic nitrogens is 3. The van der Waals surface area contributed by atoms with Crippen molar-refractivity contribution in [1.29, 1.82) is 0 Å². The zero-order chi connectivity index (χ0) is 19.1. The summed E-state index contributed by atoms with van der Waals surface area (Å²) in [7, 11) is -4.37. The van der Waals surface area contributed by atoms with Gasteiger partial charge in [0.25, 0.3) is 0 Å². The van der Waals surface area contributed by atoms with Crippen LogP contribution in [0.3, 0.4) is 0 Å². The Morgan fingerprint density at radius 3 is 2.50 bits per heavy atom. The number of nitrogens with two attached hydrogens (primary N) is 1. The molecule has 6 nitrogen and oxygen atoms in total. The molecule has 2 aromatic carbocycles. The smallest absolute Gasteiger partial charge is 0.225 e. The molecular formula is C17H16F2N4O2S. The number of rotatable bonds is 4. The lowest BCUT2D eigenvalue weighted by Crippen LogP contribution is -2.16. The minimum absolute atomic E-state index is 0.238. The Balaban J connectivity index is 2.10. The third-order valence-corrected chi connectivity index (χ3v) is 4.71. The second kappa shape index (κ2) is 6.58. The highest BCUT2D eigenvalue weighted by Crippen LogP contribution is 2.23. The molecule has 1 heterocycles.